The summed E-state index contributed by atoms with van der Waals surface area (Å²) in [5.74, 6) is 0.666. The Morgan fingerprint density at radius 3 is 2.34 bits per heavy atom. The quantitative estimate of drug-likeness (QED) is 0.325. The zero-order valence-electron chi connectivity index (χ0n) is 16.5. The van der Waals surface area contributed by atoms with Crippen molar-refractivity contribution in [3.63, 3.8) is 0 Å². The topological polar surface area (TPSA) is 84.5 Å². The standard InChI is InChI=1S/C23H17ClN2O4S2/c24-17-10-13-21(30-19-5-2-1-3-6-19)20(15-17)25-23(27)16-8-11-18(12-9-16)26-32(28,29)22-7-4-14-31-22/h1-15,26H,(H,25,27). The first-order valence-corrected chi connectivity index (χ1v) is 12.1. The maximum Gasteiger partial charge on any atom is 0.271 e. The monoisotopic (exact) mass is 484 g/mol. The highest BCUT2D eigenvalue weighted by molar-refractivity contribution is 7.94. The molecule has 4 aromatic rings. The van der Waals surface area contributed by atoms with Crippen molar-refractivity contribution in [2.24, 2.45) is 0 Å². The molecule has 0 radical (unpaired) electrons. The van der Waals surface area contributed by atoms with E-state index in [1.54, 1.807) is 41.8 Å². The number of sulfonamides is 1. The molecule has 0 atom stereocenters. The minimum absolute atomic E-state index is 0.214. The van der Waals surface area contributed by atoms with Crippen LogP contribution in [0, 0.1) is 0 Å². The average molecular weight is 485 g/mol. The molecular weight excluding hydrogens is 468 g/mol. The minimum Gasteiger partial charge on any atom is -0.455 e. The van der Waals surface area contributed by atoms with E-state index >= 15 is 0 Å². The Kier molecular flexibility index (Phi) is 6.45. The van der Waals surface area contributed by atoms with Crippen LogP contribution in [0.1, 0.15) is 10.4 Å². The zero-order valence-corrected chi connectivity index (χ0v) is 18.9. The Labute approximate surface area is 194 Å². The second-order valence-electron chi connectivity index (χ2n) is 6.62. The molecule has 6 nitrogen and oxygen atoms in total. The maximum absolute atomic E-state index is 12.8. The van der Waals surface area contributed by atoms with Crippen LogP contribution in [0.2, 0.25) is 5.02 Å². The van der Waals surface area contributed by atoms with Crippen LogP contribution in [0.5, 0.6) is 11.5 Å². The third-order valence-electron chi connectivity index (χ3n) is 4.32. The van der Waals surface area contributed by atoms with Gasteiger partial charge in [-0.3, -0.25) is 9.52 Å². The molecule has 1 heterocycles. The molecule has 2 N–H and O–H groups in total. The Hall–Kier alpha value is -3.33. The van der Waals surface area contributed by atoms with E-state index in [2.05, 4.69) is 10.0 Å². The van der Waals surface area contributed by atoms with Gasteiger partial charge in [0, 0.05) is 16.3 Å². The third-order valence-corrected chi connectivity index (χ3v) is 7.33. The van der Waals surface area contributed by atoms with Gasteiger partial charge in [-0.2, -0.15) is 0 Å². The molecule has 0 saturated carbocycles. The first-order valence-electron chi connectivity index (χ1n) is 9.41. The molecule has 162 valence electrons. The number of rotatable bonds is 7. The first-order chi connectivity index (χ1) is 15.4. The maximum atomic E-state index is 12.8. The molecule has 0 aliphatic carbocycles. The Morgan fingerprint density at radius 1 is 0.906 bits per heavy atom. The van der Waals surface area contributed by atoms with Crippen LogP contribution < -0.4 is 14.8 Å². The summed E-state index contributed by atoms with van der Waals surface area (Å²) in [7, 11) is -3.66. The SMILES string of the molecule is O=C(Nc1cc(Cl)ccc1Oc1ccccc1)c1ccc(NS(=O)(=O)c2cccs2)cc1. The summed E-state index contributed by atoms with van der Waals surface area (Å²) >= 11 is 7.23. The summed E-state index contributed by atoms with van der Waals surface area (Å²) in [6.45, 7) is 0. The van der Waals surface area contributed by atoms with Crippen LogP contribution in [-0.2, 0) is 10.0 Å². The number of nitrogens with one attached hydrogen (secondary N) is 2. The molecule has 0 fully saturated rings. The zero-order chi connectivity index (χ0) is 22.6. The summed E-state index contributed by atoms with van der Waals surface area (Å²) in [5.41, 5.74) is 1.11. The lowest BCUT2D eigenvalue weighted by Crippen LogP contribution is -2.14. The smallest absolute Gasteiger partial charge is 0.271 e. The van der Waals surface area contributed by atoms with E-state index in [0.717, 1.165) is 11.3 Å². The highest BCUT2D eigenvalue weighted by atomic mass is 35.5. The Balaban J connectivity index is 1.49. The molecule has 32 heavy (non-hydrogen) atoms. The molecule has 1 amide bonds. The van der Waals surface area contributed by atoms with E-state index in [1.165, 1.54) is 30.3 Å². The predicted octanol–water partition coefficient (Wildman–Crippen LogP) is 6.25. The third kappa shape index (κ3) is 5.28. The lowest BCUT2D eigenvalue weighted by molar-refractivity contribution is 0.102. The summed E-state index contributed by atoms with van der Waals surface area (Å²) in [6.07, 6.45) is 0. The molecule has 0 aliphatic heterocycles. The molecule has 3 aromatic carbocycles. The molecule has 0 unspecified atom stereocenters. The van der Waals surface area contributed by atoms with Crippen molar-refractivity contribution in [1.29, 1.82) is 0 Å². The van der Waals surface area contributed by atoms with Gasteiger partial charge in [0.15, 0.2) is 5.75 Å². The van der Waals surface area contributed by atoms with E-state index in [1.807, 2.05) is 18.2 Å². The van der Waals surface area contributed by atoms with Gasteiger partial charge in [-0.25, -0.2) is 8.42 Å². The van der Waals surface area contributed by atoms with Crippen LogP contribution >= 0.6 is 22.9 Å². The van der Waals surface area contributed by atoms with Crippen molar-refractivity contribution in [1.82, 2.24) is 0 Å². The normalized spacial score (nSPS) is 11.0. The number of anilines is 2. The van der Waals surface area contributed by atoms with Crippen LogP contribution in [0.25, 0.3) is 0 Å². The van der Waals surface area contributed by atoms with Crippen molar-refractivity contribution in [3.8, 4) is 11.5 Å². The highest BCUT2D eigenvalue weighted by Gasteiger charge is 2.16. The molecule has 1 aromatic heterocycles. The van der Waals surface area contributed by atoms with E-state index in [0.29, 0.717) is 33.5 Å². The van der Waals surface area contributed by atoms with Gasteiger partial charge in [-0.1, -0.05) is 35.9 Å². The average Bonchev–Trinajstić information content (AvgIpc) is 3.33. The van der Waals surface area contributed by atoms with Crippen LogP contribution in [0.3, 0.4) is 0 Å². The summed E-state index contributed by atoms with van der Waals surface area (Å²) in [5, 5.41) is 4.92. The van der Waals surface area contributed by atoms with Gasteiger partial charge < -0.3 is 10.1 Å². The van der Waals surface area contributed by atoms with Crippen LogP contribution in [0.15, 0.2) is 94.5 Å². The number of para-hydroxylation sites is 1. The summed E-state index contributed by atoms with van der Waals surface area (Å²) in [4.78, 5) is 12.8. The number of hydrogen-bond acceptors (Lipinski definition) is 5. The van der Waals surface area contributed by atoms with Crippen molar-refractivity contribution < 1.29 is 17.9 Å². The molecular formula is C23H17ClN2O4S2. The number of carbonyl (C=O) groups excluding carboxylic acids is 1. The molecule has 0 bridgehead atoms. The van der Waals surface area contributed by atoms with E-state index in [-0.39, 0.29) is 4.21 Å². The van der Waals surface area contributed by atoms with Gasteiger partial charge in [0.05, 0.1) is 5.69 Å². The van der Waals surface area contributed by atoms with Crippen molar-refractivity contribution in [2.75, 3.05) is 10.0 Å². The number of amides is 1. The molecule has 9 heteroatoms. The van der Waals surface area contributed by atoms with E-state index < -0.39 is 15.9 Å². The fourth-order valence-corrected chi connectivity index (χ4v) is 5.03. The van der Waals surface area contributed by atoms with Crippen LogP contribution in [-0.4, -0.2) is 14.3 Å². The van der Waals surface area contributed by atoms with Gasteiger partial charge in [-0.15, -0.1) is 11.3 Å². The predicted molar refractivity (Wildman–Crippen MR) is 127 cm³/mol. The van der Waals surface area contributed by atoms with Gasteiger partial charge in [0.2, 0.25) is 0 Å². The number of hydrogen-bond donors (Lipinski definition) is 2. The lowest BCUT2D eigenvalue weighted by atomic mass is 10.2. The van der Waals surface area contributed by atoms with Crippen LogP contribution in [0.4, 0.5) is 11.4 Å². The van der Waals surface area contributed by atoms with Gasteiger partial charge in [0.25, 0.3) is 15.9 Å². The molecule has 0 saturated heterocycles. The number of carbonyl (C=O) groups is 1. The second kappa shape index (κ2) is 9.44. The Bertz CT molecular complexity index is 1320. The second-order valence-corrected chi connectivity index (χ2v) is 9.92. The number of halogens is 1. The van der Waals surface area contributed by atoms with Crippen molar-refractivity contribution in [2.45, 2.75) is 4.21 Å². The number of thiophene rings is 1. The van der Waals surface area contributed by atoms with E-state index in [9.17, 15) is 13.2 Å². The lowest BCUT2D eigenvalue weighted by Gasteiger charge is -2.13. The van der Waals surface area contributed by atoms with Gasteiger partial charge in [-0.05, 0) is 66.0 Å². The number of benzene rings is 3. The van der Waals surface area contributed by atoms with Gasteiger partial charge in [0.1, 0.15) is 9.96 Å². The fraction of sp³-hybridized carbons (Fsp3) is 0. The highest BCUT2D eigenvalue weighted by Crippen LogP contribution is 2.32. The fourth-order valence-electron chi connectivity index (χ4n) is 2.81. The summed E-state index contributed by atoms with van der Waals surface area (Å²) in [6, 6.07) is 23.4. The largest absolute Gasteiger partial charge is 0.455 e. The number of ether oxygens (including phenoxy) is 1. The van der Waals surface area contributed by atoms with E-state index in [4.69, 9.17) is 16.3 Å². The molecule has 0 aliphatic rings. The van der Waals surface area contributed by atoms with Crippen molar-refractivity contribution >= 4 is 50.2 Å². The molecule has 0 spiro atoms. The van der Waals surface area contributed by atoms with Gasteiger partial charge >= 0.3 is 0 Å². The summed E-state index contributed by atoms with van der Waals surface area (Å²) < 4.78 is 33.2. The minimum atomic E-state index is -3.66. The molecule has 4 rings (SSSR count). The first kappa shape index (κ1) is 21.9. The Morgan fingerprint density at radius 2 is 1.66 bits per heavy atom. The van der Waals surface area contributed by atoms with Crippen molar-refractivity contribution in [3.05, 3.63) is 101 Å².